The Labute approximate surface area is 213 Å². The minimum absolute atomic E-state index is 0.0156. The maximum atomic E-state index is 14.1. The van der Waals surface area contributed by atoms with Crippen LogP contribution in [-0.2, 0) is 0 Å². The number of amides is 1. The fraction of sp³-hybridized carbons (Fsp3) is 0.593. The Morgan fingerprint density at radius 2 is 1.94 bits per heavy atom. The lowest BCUT2D eigenvalue weighted by atomic mass is 9.86. The lowest BCUT2D eigenvalue weighted by molar-refractivity contribution is 0.0713. The van der Waals surface area contributed by atoms with Gasteiger partial charge in [0.2, 0.25) is 0 Å². The molecule has 2 aliphatic rings. The lowest BCUT2D eigenvalue weighted by Crippen LogP contribution is -2.59. The second kappa shape index (κ2) is 12.0. The molecule has 1 aliphatic carbocycles. The van der Waals surface area contributed by atoms with Crippen molar-refractivity contribution >= 4 is 11.7 Å². The van der Waals surface area contributed by atoms with Crippen molar-refractivity contribution in [2.75, 3.05) is 38.1 Å². The first-order chi connectivity index (χ1) is 17.4. The zero-order valence-corrected chi connectivity index (χ0v) is 21.8. The Hall–Kier alpha value is -2.78. The third kappa shape index (κ3) is 6.13. The molecule has 1 amide bonds. The molecule has 0 spiro atoms. The molecule has 0 atom stereocenters. The minimum atomic E-state index is -0.480. The number of hydrogen-bond donors (Lipinski definition) is 2. The molecule has 4 rings (SSSR count). The van der Waals surface area contributed by atoms with Crippen molar-refractivity contribution in [1.29, 1.82) is 0 Å². The highest BCUT2D eigenvalue weighted by Gasteiger charge is 2.31. The van der Waals surface area contributed by atoms with Crippen LogP contribution in [-0.4, -0.2) is 72.1 Å². The third-order valence-electron chi connectivity index (χ3n) is 7.41. The molecular weight excluding hydrogens is 459 g/mol. The maximum absolute atomic E-state index is 14.1. The number of ether oxygens (including phenoxy) is 1. The molecule has 1 aromatic carbocycles. The minimum Gasteiger partial charge on any atom is -0.451 e. The van der Waals surface area contributed by atoms with Gasteiger partial charge in [-0.1, -0.05) is 0 Å². The van der Waals surface area contributed by atoms with Gasteiger partial charge in [-0.25, -0.2) is 14.4 Å². The smallest absolute Gasteiger partial charge is 0.257 e. The Morgan fingerprint density at radius 3 is 2.61 bits per heavy atom. The summed E-state index contributed by atoms with van der Waals surface area (Å²) in [5.41, 5.74) is 0.191. The van der Waals surface area contributed by atoms with E-state index in [4.69, 9.17) is 4.74 Å². The standard InChI is InChI=1S/C27H39FN6O2/c1-5-34(18(2)3)27(35)23-12-20(28)8-11-24(23)36-25-14-30-17-32-26(25)33-15-22(16-33)31-13-19-6-9-21(29-4)10-7-19/h8,11-12,14,17-19,21-22,29,31H,5-7,9-10,13,15-16H2,1-4H3/t19-,21-. The van der Waals surface area contributed by atoms with E-state index in [9.17, 15) is 9.18 Å². The zero-order chi connectivity index (χ0) is 25.7. The van der Waals surface area contributed by atoms with Crippen molar-refractivity contribution in [2.24, 2.45) is 5.92 Å². The van der Waals surface area contributed by atoms with E-state index in [0.717, 1.165) is 25.6 Å². The van der Waals surface area contributed by atoms with E-state index >= 15 is 0 Å². The summed E-state index contributed by atoms with van der Waals surface area (Å²) in [5.74, 6) is 1.42. The maximum Gasteiger partial charge on any atom is 0.257 e. The monoisotopic (exact) mass is 498 g/mol. The molecule has 8 nitrogen and oxygen atoms in total. The normalized spacial score (nSPS) is 20.3. The van der Waals surface area contributed by atoms with E-state index in [1.165, 1.54) is 50.2 Å². The summed E-state index contributed by atoms with van der Waals surface area (Å²) in [5, 5.41) is 7.11. The topological polar surface area (TPSA) is 82.6 Å². The summed E-state index contributed by atoms with van der Waals surface area (Å²) in [7, 11) is 2.05. The van der Waals surface area contributed by atoms with Gasteiger partial charge in [0.1, 0.15) is 17.9 Å². The number of benzene rings is 1. The molecular formula is C27H39FN6O2. The first-order valence-electron chi connectivity index (χ1n) is 13.1. The molecule has 1 saturated heterocycles. The number of nitrogens with one attached hydrogen (secondary N) is 2. The number of nitrogens with zero attached hydrogens (tertiary/aromatic N) is 4. The molecule has 1 saturated carbocycles. The van der Waals surface area contributed by atoms with Crippen molar-refractivity contribution in [3.05, 3.63) is 42.1 Å². The van der Waals surface area contributed by atoms with Crippen LogP contribution < -0.4 is 20.3 Å². The van der Waals surface area contributed by atoms with Crippen molar-refractivity contribution in [1.82, 2.24) is 25.5 Å². The molecule has 0 radical (unpaired) electrons. The summed E-state index contributed by atoms with van der Waals surface area (Å²) < 4.78 is 20.3. The molecule has 36 heavy (non-hydrogen) atoms. The predicted octanol–water partition coefficient (Wildman–Crippen LogP) is 3.83. The van der Waals surface area contributed by atoms with Crippen LogP contribution in [0.3, 0.4) is 0 Å². The summed E-state index contributed by atoms with van der Waals surface area (Å²) in [6, 6.07) is 5.09. The van der Waals surface area contributed by atoms with E-state index in [2.05, 4.69) is 32.5 Å². The molecule has 0 bridgehead atoms. The molecule has 0 unspecified atom stereocenters. The molecule has 9 heteroatoms. The number of carbonyl (C=O) groups excluding carboxylic acids is 1. The molecule has 196 valence electrons. The molecule has 2 N–H and O–H groups in total. The van der Waals surface area contributed by atoms with Gasteiger partial charge in [-0.05, 0) is 84.2 Å². The first kappa shape index (κ1) is 26.3. The Balaban J connectivity index is 1.40. The van der Waals surface area contributed by atoms with Crippen LogP contribution >= 0.6 is 0 Å². The first-order valence-corrected chi connectivity index (χ1v) is 13.1. The average molecular weight is 499 g/mol. The summed E-state index contributed by atoms with van der Waals surface area (Å²) >= 11 is 0. The summed E-state index contributed by atoms with van der Waals surface area (Å²) in [6.45, 7) is 9.00. The second-order valence-electron chi connectivity index (χ2n) is 10.2. The SMILES string of the molecule is CCN(C(=O)c1cc(F)ccc1Oc1cncnc1N1CC(NC[C@H]2CC[C@H](NC)CC2)C1)C(C)C. The van der Waals surface area contributed by atoms with Gasteiger partial charge in [0.15, 0.2) is 11.6 Å². The number of aromatic nitrogens is 2. The van der Waals surface area contributed by atoms with E-state index in [1.807, 2.05) is 20.8 Å². The average Bonchev–Trinajstić information content (AvgIpc) is 2.85. The third-order valence-corrected chi connectivity index (χ3v) is 7.41. The van der Waals surface area contributed by atoms with Gasteiger partial charge in [-0.3, -0.25) is 4.79 Å². The highest BCUT2D eigenvalue weighted by molar-refractivity contribution is 5.97. The fourth-order valence-electron chi connectivity index (χ4n) is 5.16. The number of rotatable bonds is 10. The van der Waals surface area contributed by atoms with Crippen LogP contribution in [0.25, 0.3) is 0 Å². The second-order valence-corrected chi connectivity index (χ2v) is 10.2. The van der Waals surface area contributed by atoms with Gasteiger partial charge in [0.25, 0.3) is 5.91 Å². The van der Waals surface area contributed by atoms with Gasteiger partial charge in [0.05, 0.1) is 11.8 Å². The van der Waals surface area contributed by atoms with E-state index < -0.39 is 5.82 Å². The quantitative estimate of drug-likeness (QED) is 0.515. The van der Waals surface area contributed by atoms with E-state index in [1.54, 1.807) is 11.1 Å². The number of carbonyl (C=O) groups is 1. The van der Waals surface area contributed by atoms with Crippen LogP contribution in [0.1, 0.15) is 56.8 Å². The highest BCUT2D eigenvalue weighted by atomic mass is 19.1. The summed E-state index contributed by atoms with van der Waals surface area (Å²) in [6.07, 6.45) is 8.14. The van der Waals surface area contributed by atoms with Gasteiger partial charge in [0, 0.05) is 37.8 Å². The van der Waals surface area contributed by atoms with Gasteiger partial charge in [-0.15, -0.1) is 0 Å². The van der Waals surface area contributed by atoms with E-state index in [0.29, 0.717) is 35.9 Å². The molecule has 1 aromatic heterocycles. The Bertz CT molecular complexity index is 1020. The van der Waals surface area contributed by atoms with Crippen molar-refractivity contribution < 1.29 is 13.9 Å². The van der Waals surface area contributed by atoms with Crippen LogP contribution in [0.2, 0.25) is 0 Å². The van der Waals surface area contributed by atoms with Crippen molar-refractivity contribution in [2.45, 2.75) is 64.6 Å². The molecule has 2 aromatic rings. The van der Waals surface area contributed by atoms with Gasteiger partial charge in [-0.2, -0.15) is 0 Å². The highest BCUT2D eigenvalue weighted by Crippen LogP contribution is 2.34. The molecule has 1 aliphatic heterocycles. The predicted molar refractivity (Wildman–Crippen MR) is 139 cm³/mol. The number of hydrogen-bond acceptors (Lipinski definition) is 7. The van der Waals surface area contributed by atoms with Crippen molar-refractivity contribution in [3.8, 4) is 11.5 Å². The van der Waals surface area contributed by atoms with E-state index in [-0.39, 0.29) is 17.5 Å². The van der Waals surface area contributed by atoms with Crippen LogP contribution in [0.5, 0.6) is 11.5 Å². The van der Waals surface area contributed by atoms with Gasteiger partial charge >= 0.3 is 0 Å². The largest absolute Gasteiger partial charge is 0.451 e. The van der Waals surface area contributed by atoms with Crippen LogP contribution in [0, 0.1) is 11.7 Å². The fourth-order valence-corrected chi connectivity index (χ4v) is 5.16. The molecule has 2 heterocycles. The van der Waals surface area contributed by atoms with Crippen LogP contribution in [0.15, 0.2) is 30.7 Å². The molecule has 2 fully saturated rings. The summed E-state index contributed by atoms with van der Waals surface area (Å²) in [4.78, 5) is 25.6. The number of halogens is 1. The van der Waals surface area contributed by atoms with Crippen molar-refractivity contribution in [3.63, 3.8) is 0 Å². The lowest BCUT2D eigenvalue weighted by Gasteiger charge is -2.42. The Kier molecular flexibility index (Phi) is 8.74. The zero-order valence-electron chi connectivity index (χ0n) is 21.8. The van der Waals surface area contributed by atoms with Gasteiger partial charge < -0.3 is 25.2 Å². The Morgan fingerprint density at radius 1 is 1.19 bits per heavy atom. The number of anilines is 1. The van der Waals surface area contributed by atoms with Crippen LogP contribution in [0.4, 0.5) is 10.2 Å².